The van der Waals surface area contributed by atoms with Crippen LogP contribution in [0.5, 0.6) is 0 Å². The van der Waals surface area contributed by atoms with Crippen LogP contribution in [0.3, 0.4) is 0 Å². The minimum Gasteiger partial charge on any atom is -0.291 e. The van der Waals surface area contributed by atoms with E-state index in [4.69, 9.17) is 0 Å². The summed E-state index contributed by atoms with van der Waals surface area (Å²) in [6.07, 6.45) is 4.16. The monoisotopic (exact) mass is 236 g/mol. The van der Waals surface area contributed by atoms with Gasteiger partial charge in [-0.25, -0.2) is 0 Å². The van der Waals surface area contributed by atoms with Gasteiger partial charge in [0.25, 0.3) is 0 Å². The van der Waals surface area contributed by atoms with Gasteiger partial charge in [0.1, 0.15) is 0 Å². The molecule has 0 amide bonds. The molecule has 2 rings (SSSR count). The van der Waals surface area contributed by atoms with Gasteiger partial charge in [-0.15, -0.1) is 0 Å². The standard InChI is InChI=1S/C15H24O2/c1-9(2)11-8-15(4)10(3)6-5-7-12(15)14(17)13(11)16/h9-12H,5-8H2,1-4H3/t10-,11+,12?,15+/m0/s1. The maximum Gasteiger partial charge on any atom is 0.202 e. The lowest BCUT2D eigenvalue weighted by molar-refractivity contribution is -0.154. The molecule has 0 aromatic rings. The van der Waals surface area contributed by atoms with Crippen LogP contribution >= 0.6 is 0 Å². The summed E-state index contributed by atoms with van der Waals surface area (Å²) in [5, 5.41) is 0. The van der Waals surface area contributed by atoms with E-state index in [0.29, 0.717) is 11.8 Å². The molecule has 0 radical (unpaired) electrons. The van der Waals surface area contributed by atoms with Crippen molar-refractivity contribution in [2.45, 2.75) is 53.4 Å². The van der Waals surface area contributed by atoms with Crippen LogP contribution < -0.4 is 0 Å². The lowest BCUT2D eigenvalue weighted by atomic mass is 9.52. The lowest BCUT2D eigenvalue weighted by Crippen LogP contribution is -2.52. The molecule has 0 aromatic heterocycles. The number of Topliss-reactive ketones (excluding diaryl/α,β-unsaturated/α-hetero) is 2. The van der Waals surface area contributed by atoms with E-state index in [1.807, 2.05) is 0 Å². The number of rotatable bonds is 1. The summed E-state index contributed by atoms with van der Waals surface area (Å²) in [5.41, 5.74) is 0.0676. The molecule has 0 bridgehead atoms. The average molecular weight is 236 g/mol. The number of fused-ring (bicyclic) bond motifs is 1. The first-order valence-corrected chi connectivity index (χ1v) is 6.96. The number of carbonyl (C=O) groups excluding carboxylic acids is 2. The maximum absolute atomic E-state index is 12.3. The number of hydrogen-bond donors (Lipinski definition) is 0. The Bertz CT molecular complexity index is 345. The molecule has 0 aromatic carbocycles. The van der Waals surface area contributed by atoms with E-state index < -0.39 is 0 Å². The number of hydrogen-bond acceptors (Lipinski definition) is 2. The molecular formula is C15H24O2. The Morgan fingerprint density at radius 1 is 1.18 bits per heavy atom. The van der Waals surface area contributed by atoms with Crippen molar-refractivity contribution >= 4 is 11.6 Å². The minimum atomic E-state index is -0.0865. The van der Waals surface area contributed by atoms with Crippen LogP contribution in [0.2, 0.25) is 0 Å². The fraction of sp³-hybridized carbons (Fsp3) is 0.867. The summed E-state index contributed by atoms with van der Waals surface area (Å²) in [7, 11) is 0. The Kier molecular flexibility index (Phi) is 3.17. The molecule has 0 spiro atoms. The summed E-state index contributed by atoms with van der Waals surface area (Å²) in [6.45, 7) is 8.62. The summed E-state index contributed by atoms with van der Waals surface area (Å²) in [5.74, 6) is 0.677. The van der Waals surface area contributed by atoms with Gasteiger partial charge in [-0.1, -0.05) is 40.5 Å². The third-order valence-electron chi connectivity index (χ3n) is 5.41. The van der Waals surface area contributed by atoms with E-state index in [-0.39, 0.29) is 28.8 Å². The number of carbonyl (C=O) groups is 2. The summed E-state index contributed by atoms with van der Waals surface area (Å²) >= 11 is 0. The van der Waals surface area contributed by atoms with Crippen LogP contribution in [0.25, 0.3) is 0 Å². The second-order valence-corrected chi connectivity index (χ2v) is 6.67. The van der Waals surface area contributed by atoms with E-state index in [2.05, 4.69) is 27.7 Å². The molecular weight excluding hydrogens is 212 g/mol. The summed E-state index contributed by atoms with van der Waals surface area (Å²) < 4.78 is 0. The van der Waals surface area contributed by atoms with Gasteiger partial charge in [0.05, 0.1) is 0 Å². The first-order chi connectivity index (χ1) is 7.88. The Morgan fingerprint density at radius 3 is 2.41 bits per heavy atom. The molecule has 2 aliphatic rings. The predicted molar refractivity (Wildman–Crippen MR) is 67.6 cm³/mol. The molecule has 1 unspecified atom stereocenters. The normalized spacial score (nSPS) is 42.8. The highest BCUT2D eigenvalue weighted by Gasteiger charge is 2.53. The minimum absolute atomic E-state index is 0.00810. The van der Waals surface area contributed by atoms with E-state index in [1.54, 1.807) is 0 Å². The van der Waals surface area contributed by atoms with Crippen molar-refractivity contribution in [2.24, 2.45) is 29.1 Å². The Balaban J connectivity index is 2.34. The molecule has 17 heavy (non-hydrogen) atoms. The highest BCUT2D eigenvalue weighted by Crippen LogP contribution is 2.53. The van der Waals surface area contributed by atoms with Gasteiger partial charge >= 0.3 is 0 Å². The van der Waals surface area contributed by atoms with Crippen LogP contribution in [0, 0.1) is 29.1 Å². The SMILES string of the molecule is CC(C)[C@H]1C[C@@]2(C)C(CCC[C@@H]2C)C(=O)C1=O. The molecule has 2 aliphatic carbocycles. The molecule has 0 aliphatic heterocycles. The molecule has 2 fully saturated rings. The van der Waals surface area contributed by atoms with Crippen molar-refractivity contribution in [3.05, 3.63) is 0 Å². The van der Waals surface area contributed by atoms with Gasteiger partial charge in [-0.2, -0.15) is 0 Å². The zero-order valence-electron chi connectivity index (χ0n) is 11.5. The average Bonchev–Trinajstić information content (AvgIpc) is 2.26. The molecule has 2 saturated carbocycles. The van der Waals surface area contributed by atoms with Gasteiger partial charge in [0.2, 0.25) is 11.6 Å². The highest BCUT2D eigenvalue weighted by molar-refractivity contribution is 6.39. The van der Waals surface area contributed by atoms with Gasteiger partial charge < -0.3 is 0 Å². The van der Waals surface area contributed by atoms with Crippen LogP contribution in [0.4, 0.5) is 0 Å². The first-order valence-electron chi connectivity index (χ1n) is 6.96. The van der Waals surface area contributed by atoms with E-state index in [9.17, 15) is 9.59 Å². The molecule has 2 nitrogen and oxygen atoms in total. The smallest absolute Gasteiger partial charge is 0.202 e. The van der Waals surface area contributed by atoms with Gasteiger partial charge in [0.15, 0.2) is 0 Å². The molecule has 96 valence electrons. The second-order valence-electron chi connectivity index (χ2n) is 6.67. The van der Waals surface area contributed by atoms with Crippen molar-refractivity contribution in [3.63, 3.8) is 0 Å². The topological polar surface area (TPSA) is 34.1 Å². The van der Waals surface area contributed by atoms with Crippen LogP contribution in [-0.2, 0) is 9.59 Å². The molecule has 4 atom stereocenters. The quantitative estimate of drug-likeness (QED) is 0.655. The Labute approximate surface area is 104 Å². The van der Waals surface area contributed by atoms with Crippen LogP contribution in [0.1, 0.15) is 53.4 Å². The molecule has 0 heterocycles. The summed E-state index contributed by atoms with van der Waals surface area (Å²) in [6, 6.07) is 0. The van der Waals surface area contributed by atoms with Crippen molar-refractivity contribution < 1.29 is 9.59 Å². The van der Waals surface area contributed by atoms with E-state index in [1.165, 1.54) is 6.42 Å². The Hall–Kier alpha value is -0.660. The number of ketones is 2. The molecule has 2 heteroatoms. The lowest BCUT2D eigenvalue weighted by Gasteiger charge is -2.50. The third kappa shape index (κ3) is 1.86. The van der Waals surface area contributed by atoms with Crippen LogP contribution in [-0.4, -0.2) is 11.6 Å². The van der Waals surface area contributed by atoms with E-state index >= 15 is 0 Å². The van der Waals surface area contributed by atoms with Gasteiger partial charge in [-0.3, -0.25) is 9.59 Å². The van der Waals surface area contributed by atoms with E-state index in [0.717, 1.165) is 19.3 Å². The largest absolute Gasteiger partial charge is 0.291 e. The van der Waals surface area contributed by atoms with Crippen molar-refractivity contribution in [2.75, 3.05) is 0 Å². The summed E-state index contributed by atoms with van der Waals surface area (Å²) in [4.78, 5) is 24.4. The highest BCUT2D eigenvalue weighted by atomic mass is 16.2. The predicted octanol–water partition coefficient (Wildman–Crippen LogP) is 3.24. The van der Waals surface area contributed by atoms with Gasteiger partial charge in [-0.05, 0) is 30.1 Å². The van der Waals surface area contributed by atoms with Crippen LogP contribution in [0.15, 0.2) is 0 Å². The molecule has 0 N–H and O–H groups in total. The second kappa shape index (κ2) is 4.22. The maximum atomic E-state index is 12.3. The van der Waals surface area contributed by atoms with Crippen molar-refractivity contribution in [1.29, 1.82) is 0 Å². The van der Waals surface area contributed by atoms with Crippen molar-refractivity contribution in [3.8, 4) is 0 Å². The Morgan fingerprint density at radius 2 is 1.82 bits per heavy atom. The fourth-order valence-electron chi connectivity index (χ4n) is 3.86. The zero-order valence-corrected chi connectivity index (χ0v) is 11.5. The first kappa shape index (κ1) is 12.8. The van der Waals surface area contributed by atoms with Gasteiger partial charge in [0, 0.05) is 11.8 Å². The fourth-order valence-corrected chi connectivity index (χ4v) is 3.86. The third-order valence-corrected chi connectivity index (χ3v) is 5.41. The van der Waals surface area contributed by atoms with Crippen molar-refractivity contribution in [1.82, 2.24) is 0 Å². The molecule has 0 saturated heterocycles. The zero-order chi connectivity index (χ0) is 12.8.